The lowest BCUT2D eigenvalue weighted by molar-refractivity contribution is -0.138. The van der Waals surface area contributed by atoms with Crippen LogP contribution >= 0.6 is 0 Å². The van der Waals surface area contributed by atoms with Crippen LogP contribution in [-0.4, -0.2) is 64.4 Å². The molecule has 0 aromatic rings. The summed E-state index contributed by atoms with van der Waals surface area (Å²) in [5.41, 5.74) is 10.3. The number of carboxylic acid groups (broad SMARTS) is 1. The number of carboxylic acids is 1. The van der Waals surface area contributed by atoms with E-state index in [-0.39, 0.29) is 12.6 Å². The predicted octanol–water partition coefficient (Wildman–Crippen LogP) is -1.44. The molecule has 0 bridgehead atoms. The number of rotatable bonds is 5. The van der Waals surface area contributed by atoms with E-state index in [0.29, 0.717) is 12.8 Å². The van der Waals surface area contributed by atoms with Crippen LogP contribution in [0.15, 0.2) is 0 Å². The number of piperidine rings is 1. The lowest BCUT2D eigenvalue weighted by Crippen LogP contribution is -2.55. The van der Waals surface area contributed by atoms with Crippen molar-refractivity contribution in [2.45, 2.75) is 25.8 Å². The van der Waals surface area contributed by atoms with Gasteiger partial charge in [-0.1, -0.05) is 0 Å². The van der Waals surface area contributed by atoms with E-state index in [2.05, 4.69) is 0 Å². The van der Waals surface area contributed by atoms with Gasteiger partial charge < -0.3 is 26.4 Å². The highest BCUT2D eigenvalue weighted by Crippen LogP contribution is 2.22. The van der Waals surface area contributed by atoms with Crippen molar-refractivity contribution in [2.24, 2.45) is 17.4 Å². The number of nitrogens with two attached hydrogens (primary N) is 2. The summed E-state index contributed by atoms with van der Waals surface area (Å²) >= 11 is 0. The zero-order chi connectivity index (χ0) is 16.2. The van der Waals surface area contributed by atoms with E-state index in [1.54, 1.807) is 6.92 Å². The molecular formula is C12H20N4O5. The second kappa shape index (κ2) is 6.91. The Kier molecular flexibility index (Phi) is 5.51. The molecule has 0 saturated carbocycles. The van der Waals surface area contributed by atoms with Crippen LogP contribution in [0.4, 0.5) is 4.79 Å². The average molecular weight is 300 g/mol. The SMILES string of the molecule is CC1CCC(C(N)=O)CN1C(=O)N(CC(N)=O)CC(=O)O. The third-order valence-corrected chi connectivity index (χ3v) is 3.47. The van der Waals surface area contributed by atoms with Crippen LogP contribution in [-0.2, 0) is 14.4 Å². The fourth-order valence-corrected chi connectivity index (χ4v) is 2.33. The van der Waals surface area contributed by atoms with Crippen molar-refractivity contribution in [1.29, 1.82) is 0 Å². The number of aliphatic carboxylic acids is 1. The number of carbonyl (C=O) groups excluding carboxylic acids is 3. The number of carbonyl (C=O) groups is 4. The van der Waals surface area contributed by atoms with Gasteiger partial charge in [0.25, 0.3) is 0 Å². The number of amides is 4. The molecule has 9 heteroatoms. The third kappa shape index (κ3) is 4.62. The Morgan fingerprint density at radius 1 is 1.19 bits per heavy atom. The molecule has 5 N–H and O–H groups in total. The van der Waals surface area contributed by atoms with Crippen LogP contribution in [0.1, 0.15) is 19.8 Å². The minimum Gasteiger partial charge on any atom is -0.480 e. The van der Waals surface area contributed by atoms with Gasteiger partial charge in [0.05, 0.1) is 5.92 Å². The summed E-state index contributed by atoms with van der Waals surface area (Å²) in [6, 6.07) is -0.799. The molecule has 1 aliphatic heterocycles. The van der Waals surface area contributed by atoms with Gasteiger partial charge in [0.1, 0.15) is 13.1 Å². The standard InChI is InChI=1S/C12H20N4O5/c1-7-2-3-8(11(14)20)4-16(7)12(21)15(5-9(13)17)6-10(18)19/h7-8H,2-6H2,1H3,(H2,13,17)(H2,14,20)(H,18,19). The van der Waals surface area contributed by atoms with Gasteiger partial charge in [-0.3, -0.25) is 14.4 Å². The lowest BCUT2D eigenvalue weighted by Gasteiger charge is -2.39. The highest BCUT2D eigenvalue weighted by Gasteiger charge is 2.34. The minimum absolute atomic E-state index is 0.115. The van der Waals surface area contributed by atoms with Crippen molar-refractivity contribution in [1.82, 2.24) is 9.80 Å². The molecule has 1 fully saturated rings. The molecule has 1 aliphatic rings. The van der Waals surface area contributed by atoms with Gasteiger partial charge in [-0.25, -0.2) is 4.79 Å². The number of primary amides is 2. The summed E-state index contributed by atoms with van der Waals surface area (Å²) in [5.74, 6) is -3.02. The van der Waals surface area contributed by atoms with Crippen LogP contribution in [0.2, 0.25) is 0 Å². The predicted molar refractivity (Wildman–Crippen MR) is 71.9 cm³/mol. The summed E-state index contributed by atoms with van der Waals surface area (Å²) < 4.78 is 0. The van der Waals surface area contributed by atoms with E-state index < -0.39 is 42.8 Å². The number of hydrogen-bond acceptors (Lipinski definition) is 4. The molecular weight excluding hydrogens is 280 g/mol. The van der Waals surface area contributed by atoms with Crippen LogP contribution in [0.25, 0.3) is 0 Å². The largest absolute Gasteiger partial charge is 0.480 e. The second-order valence-corrected chi connectivity index (χ2v) is 5.18. The maximum Gasteiger partial charge on any atom is 0.323 e. The Morgan fingerprint density at radius 3 is 2.29 bits per heavy atom. The topological polar surface area (TPSA) is 147 Å². The van der Waals surface area contributed by atoms with E-state index >= 15 is 0 Å². The van der Waals surface area contributed by atoms with Crippen molar-refractivity contribution in [3.8, 4) is 0 Å². The Morgan fingerprint density at radius 2 is 1.81 bits per heavy atom. The van der Waals surface area contributed by atoms with Crippen molar-refractivity contribution < 1.29 is 24.3 Å². The Labute approximate surface area is 121 Å². The van der Waals surface area contributed by atoms with Gasteiger partial charge in [0.2, 0.25) is 11.8 Å². The number of likely N-dealkylation sites (tertiary alicyclic amines) is 1. The van der Waals surface area contributed by atoms with Gasteiger partial charge in [0, 0.05) is 12.6 Å². The zero-order valence-corrected chi connectivity index (χ0v) is 11.8. The first kappa shape index (κ1) is 16.7. The van der Waals surface area contributed by atoms with E-state index in [1.807, 2.05) is 0 Å². The summed E-state index contributed by atoms with van der Waals surface area (Å²) in [7, 11) is 0. The monoisotopic (exact) mass is 300 g/mol. The van der Waals surface area contributed by atoms with E-state index in [9.17, 15) is 19.2 Å². The van der Waals surface area contributed by atoms with Crippen molar-refractivity contribution >= 4 is 23.8 Å². The molecule has 2 unspecified atom stereocenters. The van der Waals surface area contributed by atoms with Gasteiger partial charge in [-0.2, -0.15) is 0 Å². The molecule has 0 aromatic heterocycles. The average Bonchev–Trinajstić information content (AvgIpc) is 2.36. The summed E-state index contributed by atoms with van der Waals surface area (Å²) in [6.07, 6.45) is 1.16. The van der Waals surface area contributed by atoms with Gasteiger partial charge in [0.15, 0.2) is 0 Å². The Hall–Kier alpha value is -2.32. The summed E-state index contributed by atoms with van der Waals surface area (Å²) in [4.78, 5) is 47.6. The van der Waals surface area contributed by atoms with Crippen molar-refractivity contribution in [3.05, 3.63) is 0 Å². The van der Waals surface area contributed by atoms with Crippen LogP contribution in [0.3, 0.4) is 0 Å². The first-order valence-electron chi connectivity index (χ1n) is 6.57. The smallest absolute Gasteiger partial charge is 0.323 e. The maximum absolute atomic E-state index is 12.4. The molecule has 0 radical (unpaired) electrons. The molecule has 1 saturated heterocycles. The number of nitrogens with zero attached hydrogens (tertiary/aromatic N) is 2. The molecule has 4 amide bonds. The molecule has 0 spiro atoms. The van der Waals surface area contributed by atoms with Gasteiger partial charge in [-0.15, -0.1) is 0 Å². The molecule has 118 valence electrons. The molecule has 0 aliphatic carbocycles. The van der Waals surface area contributed by atoms with Gasteiger partial charge in [-0.05, 0) is 19.8 Å². The van der Waals surface area contributed by atoms with E-state index in [1.165, 1.54) is 4.90 Å². The van der Waals surface area contributed by atoms with Crippen LogP contribution in [0, 0.1) is 5.92 Å². The fourth-order valence-electron chi connectivity index (χ4n) is 2.33. The van der Waals surface area contributed by atoms with Crippen molar-refractivity contribution in [2.75, 3.05) is 19.6 Å². The summed E-state index contributed by atoms with van der Waals surface area (Å²) in [5, 5.41) is 8.81. The molecule has 9 nitrogen and oxygen atoms in total. The molecule has 2 atom stereocenters. The van der Waals surface area contributed by atoms with Crippen LogP contribution < -0.4 is 11.5 Å². The molecule has 21 heavy (non-hydrogen) atoms. The lowest BCUT2D eigenvalue weighted by atomic mass is 9.93. The maximum atomic E-state index is 12.4. The minimum atomic E-state index is -1.25. The van der Waals surface area contributed by atoms with E-state index in [0.717, 1.165) is 4.90 Å². The first-order chi connectivity index (χ1) is 9.72. The molecule has 0 aromatic carbocycles. The van der Waals surface area contributed by atoms with Gasteiger partial charge >= 0.3 is 12.0 Å². The van der Waals surface area contributed by atoms with Crippen LogP contribution in [0.5, 0.6) is 0 Å². The molecule has 1 rings (SSSR count). The Bertz CT molecular complexity index is 437. The second-order valence-electron chi connectivity index (χ2n) is 5.18. The fraction of sp³-hybridized carbons (Fsp3) is 0.667. The number of hydrogen-bond donors (Lipinski definition) is 3. The summed E-state index contributed by atoms with van der Waals surface area (Å²) in [6.45, 7) is 0.782. The highest BCUT2D eigenvalue weighted by molar-refractivity contribution is 5.86. The zero-order valence-electron chi connectivity index (χ0n) is 11.8. The third-order valence-electron chi connectivity index (χ3n) is 3.47. The normalized spacial score (nSPS) is 21.7. The van der Waals surface area contributed by atoms with Crippen molar-refractivity contribution in [3.63, 3.8) is 0 Å². The Balaban J connectivity index is 2.86. The van der Waals surface area contributed by atoms with E-state index in [4.69, 9.17) is 16.6 Å². The first-order valence-corrected chi connectivity index (χ1v) is 6.57. The quantitative estimate of drug-likeness (QED) is 0.569. The molecule has 1 heterocycles. The highest BCUT2D eigenvalue weighted by atomic mass is 16.4. The number of urea groups is 1.